The number of rotatable bonds is 3. The van der Waals surface area contributed by atoms with Crippen molar-refractivity contribution in [2.75, 3.05) is 0 Å². The minimum absolute atomic E-state index is 0.246. The molecule has 6 heteroatoms. The summed E-state index contributed by atoms with van der Waals surface area (Å²) in [5.74, 6) is 0.565. The van der Waals surface area contributed by atoms with Gasteiger partial charge in [0.1, 0.15) is 0 Å². The van der Waals surface area contributed by atoms with Crippen LogP contribution in [0.2, 0.25) is 5.02 Å². The van der Waals surface area contributed by atoms with Crippen LogP contribution in [0.25, 0.3) is 11.5 Å². The molecule has 0 bridgehead atoms. The Balaban J connectivity index is 1.89. The Morgan fingerprint density at radius 1 is 1.13 bits per heavy atom. The molecule has 3 aromatic rings. The predicted molar refractivity (Wildman–Crippen MR) is 89.6 cm³/mol. The zero-order valence-electron chi connectivity index (χ0n) is 12.6. The molecule has 0 aliphatic heterocycles. The molecule has 0 radical (unpaired) electrons. The van der Waals surface area contributed by atoms with Gasteiger partial charge in [0.25, 0.3) is 0 Å². The number of hydrogen-bond acceptors (Lipinski definition) is 5. The van der Waals surface area contributed by atoms with Gasteiger partial charge in [0.05, 0.1) is 6.21 Å². The van der Waals surface area contributed by atoms with E-state index in [1.165, 1.54) is 6.21 Å². The minimum Gasteiger partial charge on any atom is -0.479 e. The molecule has 5 nitrogen and oxygen atoms in total. The van der Waals surface area contributed by atoms with E-state index in [2.05, 4.69) is 15.0 Å². The van der Waals surface area contributed by atoms with Gasteiger partial charge in [0.2, 0.25) is 5.89 Å². The van der Waals surface area contributed by atoms with Crippen molar-refractivity contribution in [3.05, 3.63) is 58.4 Å². The SMILES string of the molecule is Cc1cc(C)nc(N=Cc2nc(-c3ccc(Cl)cc3)oc2O)c1. The highest BCUT2D eigenvalue weighted by molar-refractivity contribution is 6.30. The second-order valence-corrected chi connectivity index (χ2v) is 5.56. The van der Waals surface area contributed by atoms with E-state index in [9.17, 15) is 5.11 Å². The zero-order chi connectivity index (χ0) is 16.4. The first-order chi connectivity index (χ1) is 11.0. The maximum atomic E-state index is 9.87. The monoisotopic (exact) mass is 327 g/mol. The van der Waals surface area contributed by atoms with Gasteiger partial charge in [0.15, 0.2) is 11.5 Å². The molecule has 1 aromatic carbocycles. The molecule has 116 valence electrons. The fourth-order valence-electron chi connectivity index (χ4n) is 2.14. The fraction of sp³-hybridized carbons (Fsp3) is 0.118. The highest BCUT2D eigenvalue weighted by Gasteiger charge is 2.12. The van der Waals surface area contributed by atoms with Crippen molar-refractivity contribution < 1.29 is 9.52 Å². The average Bonchev–Trinajstić information content (AvgIpc) is 2.86. The Hall–Kier alpha value is -2.66. The molecular weight excluding hydrogens is 314 g/mol. The Morgan fingerprint density at radius 3 is 2.57 bits per heavy atom. The van der Waals surface area contributed by atoms with Crippen LogP contribution in [0, 0.1) is 13.8 Å². The first-order valence-electron chi connectivity index (χ1n) is 6.96. The van der Waals surface area contributed by atoms with Crippen LogP contribution in [0.3, 0.4) is 0 Å². The normalized spacial score (nSPS) is 11.3. The zero-order valence-corrected chi connectivity index (χ0v) is 13.4. The smallest absolute Gasteiger partial charge is 0.312 e. The summed E-state index contributed by atoms with van der Waals surface area (Å²) in [6.07, 6.45) is 1.43. The van der Waals surface area contributed by atoms with E-state index in [0.29, 0.717) is 22.3 Å². The highest BCUT2D eigenvalue weighted by Crippen LogP contribution is 2.26. The maximum absolute atomic E-state index is 9.87. The molecule has 23 heavy (non-hydrogen) atoms. The summed E-state index contributed by atoms with van der Waals surface area (Å²) in [6, 6.07) is 10.8. The van der Waals surface area contributed by atoms with E-state index in [-0.39, 0.29) is 11.6 Å². The summed E-state index contributed by atoms with van der Waals surface area (Å²) in [5.41, 5.74) is 2.91. The van der Waals surface area contributed by atoms with Gasteiger partial charge in [-0.3, -0.25) is 0 Å². The fourth-order valence-corrected chi connectivity index (χ4v) is 2.26. The van der Waals surface area contributed by atoms with Crippen LogP contribution in [-0.4, -0.2) is 21.3 Å². The van der Waals surface area contributed by atoms with Crippen LogP contribution >= 0.6 is 11.6 Å². The summed E-state index contributed by atoms with van der Waals surface area (Å²) < 4.78 is 5.27. The highest BCUT2D eigenvalue weighted by atomic mass is 35.5. The first kappa shape index (κ1) is 15.2. The largest absolute Gasteiger partial charge is 0.479 e. The van der Waals surface area contributed by atoms with Gasteiger partial charge < -0.3 is 9.52 Å². The molecule has 3 rings (SSSR count). The number of aromatic hydroxyl groups is 1. The van der Waals surface area contributed by atoms with Crippen LogP contribution in [-0.2, 0) is 0 Å². The van der Waals surface area contributed by atoms with Crippen molar-refractivity contribution in [2.45, 2.75) is 13.8 Å². The Bertz CT molecular complexity index is 850. The molecule has 0 spiro atoms. The predicted octanol–water partition coefficient (Wildman–Crippen LogP) is 4.46. The molecule has 2 heterocycles. The van der Waals surface area contributed by atoms with Gasteiger partial charge in [-0.1, -0.05) is 11.6 Å². The van der Waals surface area contributed by atoms with E-state index in [1.807, 2.05) is 26.0 Å². The number of oxazole rings is 1. The van der Waals surface area contributed by atoms with Gasteiger partial charge >= 0.3 is 5.95 Å². The Kier molecular flexibility index (Phi) is 4.12. The van der Waals surface area contributed by atoms with E-state index < -0.39 is 0 Å². The molecule has 0 fully saturated rings. The number of aliphatic imine (C=N–C) groups is 1. The standard InChI is InChI=1S/C17H14ClN3O2/c1-10-7-11(2)20-15(8-10)19-9-14-17(22)23-16(21-14)12-3-5-13(18)6-4-12/h3-9,22H,1-2H3. The lowest BCUT2D eigenvalue weighted by atomic mass is 10.2. The number of aromatic nitrogens is 2. The average molecular weight is 328 g/mol. The number of nitrogens with zero attached hydrogens (tertiary/aromatic N) is 3. The quantitative estimate of drug-likeness (QED) is 0.721. The molecule has 1 N–H and O–H groups in total. The lowest BCUT2D eigenvalue weighted by Gasteiger charge is -1.97. The van der Waals surface area contributed by atoms with Crippen LogP contribution < -0.4 is 0 Å². The van der Waals surface area contributed by atoms with Crippen molar-refractivity contribution in [1.82, 2.24) is 9.97 Å². The lowest BCUT2D eigenvalue weighted by molar-refractivity contribution is 0.337. The van der Waals surface area contributed by atoms with E-state index in [4.69, 9.17) is 16.0 Å². The second-order valence-electron chi connectivity index (χ2n) is 5.12. The first-order valence-corrected chi connectivity index (χ1v) is 7.34. The topological polar surface area (TPSA) is 71.5 Å². The van der Waals surface area contributed by atoms with Gasteiger partial charge in [-0.25, -0.2) is 15.0 Å². The van der Waals surface area contributed by atoms with Crippen molar-refractivity contribution >= 4 is 23.6 Å². The van der Waals surface area contributed by atoms with Crippen molar-refractivity contribution in [2.24, 2.45) is 4.99 Å². The summed E-state index contributed by atoms with van der Waals surface area (Å²) in [4.78, 5) is 12.8. The third-order valence-corrected chi connectivity index (χ3v) is 3.38. The number of pyridine rings is 1. The van der Waals surface area contributed by atoms with Crippen LogP contribution in [0.5, 0.6) is 5.95 Å². The number of halogens is 1. The van der Waals surface area contributed by atoms with Crippen LogP contribution in [0.1, 0.15) is 17.0 Å². The molecule has 0 saturated heterocycles. The molecule has 0 unspecified atom stereocenters. The van der Waals surface area contributed by atoms with Gasteiger partial charge in [-0.2, -0.15) is 0 Å². The Labute approximate surface area is 138 Å². The molecule has 2 aromatic heterocycles. The third kappa shape index (κ3) is 3.57. The molecule has 0 amide bonds. The maximum Gasteiger partial charge on any atom is 0.312 e. The lowest BCUT2D eigenvalue weighted by Crippen LogP contribution is -1.86. The molecular formula is C17H14ClN3O2. The summed E-state index contributed by atoms with van der Waals surface area (Å²) in [5, 5.41) is 10.5. The second kappa shape index (κ2) is 6.22. The summed E-state index contributed by atoms with van der Waals surface area (Å²) >= 11 is 5.85. The Morgan fingerprint density at radius 2 is 1.87 bits per heavy atom. The van der Waals surface area contributed by atoms with Gasteiger partial charge in [0, 0.05) is 16.3 Å². The molecule has 0 aliphatic rings. The minimum atomic E-state index is -0.289. The van der Waals surface area contributed by atoms with Crippen molar-refractivity contribution in [3.8, 4) is 17.4 Å². The third-order valence-electron chi connectivity index (χ3n) is 3.13. The summed E-state index contributed by atoms with van der Waals surface area (Å²) in [7, 11) is 0. The van der Waals surface area contributed by atoms with Crippen LogP contribution in [0.4, 0.5) is 5.82 Å². The van der Waals surface area contributed by atoms with Gasteiger partial charge in [-0.15, -0.1) is 0 Å². The van der Waals surface area contributed by atoms with Crippen molar-refractivity contribution in [1.29, 1.82) is 0 Å². The van der Waals surface area contributed by atoms with E-state index in [1.54, 1.807) is 24.3 Å². The molecule has 0 aliphatic carbocycles. The number of aryl methyl sites for hydroxylation is 2. The van der Waals surface area contributed by atoms with Crippen molar-refractivity contribution in [3.63, 3.8) is 0 Å². The number of benzene rings is 1. The molecule has 0 atom stereocenters. The number of hydrogen-bond donors (Lipinski definition) is 1. The van der Waals surface area contributed by atoms with Gasteiger partial charge in [-0.05, 0) is 55.8 Å². The summed E-state index contributed by atoms with van der Waals surface area (Å²) in [6.45, 7) is 3.87. The van der Waals surface area contributed by atoms with E-state index >= 15 is 0 Å². The van der Waals surface area contributed by atoms with E-state index in [0.717, 1.165) is 11.3 Å². The van der Waals surface area contributed by atoms with Crippen LogP contribution in [0.15, 0.2) is 45.8 Å². The molecule has 0 saturated carbocycles.